The molecule has 21 heavy (non-hydrogen) atoms. The van der Waals surface area contributed by atoms with Gasteiger partial charge in [-0.2, -0.15) is 0 Å². The van der Waals surface area contributed by atoms with E-state index in [-0.39, 0.29) is 0 Å². The van der Waals surface area contributed by atoms with Gasteiger partial charge in [0.15, 0.2) is 0 Å². The number of rotatable bonds is 5. The molecule has 0 atom stereocenters. The molecule has 3 rings (SSSR count). The van der Waals surface area contributed by atoms with Gasteiger partial charge in [0.25, 0.3) is 0 Å². The summed E-state index contributed by atoms with van der Waals surface area (Å²) in [6, 6.07) is 6.57. The zero-order valence-corrected chi connectivity index (χ0v) is 12.7. The molecule has 5 heteroatoms. The lowest BCUT2D eigenvalue weighted by Crippen LogP contribution is -2.36. The summed E-state index contributed by atoms with van der Waals surface area (Å²) in [5, 5.41) is 0. The summed E-state index contributed by atoms with van der Waals surface area (Å²) in [6.07, 6.45) is 1.04. The summed E-state index contributed by atoms with van der Waals surface area (Å²) >= 11 is 0. The van der Waals surface area contributed by atoms with E-state index in [0.29, 0.717) is 6.54 Å². The summed E-state index contributed by atoms with van der Waals surface area (Å²) in [7, 11) is 0. The Bertz CT molecular complexity index is 602. The second-order valence-corrected chi connectivity index (χ2v) is 5.53. The Morgan fingerprint density at radius 3 is 2.81 bits per heavy atom. The van der Waals surface area contributed by atoms with Gasteiger partial charge in [0.1, 0.15) is 5.82 Å². The minimum atomic E-state index is 0.636. The number of imidazole rings is 1. The van der Waals surface area contributed by atoms with Crippen molar-refractivity contribution >= 4 is 11.0 Å². The molecule has 0 amide bonds. The van der Waals surface area contributed by atoms with Crippen LogP contribution < -0.4 is 5.73 Å². The number of benzene rings is 1. The van der Waals surface area contributed by atoms with E-state index < -0.39 is 0 Å². The molecule has 0 bridgehead atoms. The van der Waals surface area contributed by atoms with Crippen molar-refractivity contribution in [1.29, 1.82) is 0 Å². The molecule has 1 aliphatic rings. The number of aromatic nitrogens is 2. The van der Waals surface area contributed by atoms with Gasteiger partial charge in [0, 0.05) is 26.2 Å². The lowest BCUT2D eigenvalue weighted by molar-refractivity contribution is 0.0326. The van der Waals surface area contributed by atoms with Crippen LogP contribution in [0.2, 0.25) is 0 Å². The number of ether oxygens (including phenoxy) is 1. The van der Waals surface area contributed by atoms with Crippen molar-refractivity contribution in [2.45, 2.75) is 26.4 Å². The van der Waals surface area contributed by atoms with Crippen molar-refractivity contribution in [1.82, 2.24) is 14.5 Å². The molecule has 0 unspecified atom stereocenters. The molecule has 2 aromatic rings. The fraction of sp³-hybridized carbons (Fsp3) is 0.562. The molecular weight excluding hydrogens is 264 g/mol. The van der Waals surface area contributed by atoms with Crippen LogP contribution in [0.4, 0.5) is 0 Å². The van der Waals surface area contributed by atoms with Crippen LogP contribution in [0.25, 0.3) is 11.0 Å². The Labute approximate surface area is 125 Å². The molecule has 0 saturated carbocycles. The summed E-state index contributed by atoms with van der Waals surface area (Å²) < 4.78 is 7.68. The topological polar surface area (TPSA) is 56.3 Å². The Morgan fingerprint density at radius 1 is 1.29 bits per heavy atom. The van der Waals surface area contributed by atoms with Gasteiger partial charge in [-0.15, -0.1) is 0 Å². The molecule has 2 heterocycles. The van der Waals surface area contributed by atoms with Gasteiger partial charge in [-0.1, -0.05) is 13.0 Å². The van der Waals surface area contributed by atoms with E-state index in [0.717, 1.165) is 57.2 Å². The zero-order chi connectivity index (χ0) is 14.7. The highest BCUT2D eigenvalue weighted by Crippen LogP contribution is 2.19. The average molecular weight is 288 g/mol. The highest BCUT2D eigenvalue weighted by Gasteiger charge is 2.16. The number of fused-ring (bicyclic) bond motifs is 1. The normalized spacial score (nSPS) is 16.7. The standard InChI is InChI=1S/C16H24N4O/c1-2-13-3-4-15-14(11-13)18-16(20(15)6-5-17)12-19-7-9-21-10-8-19/h3-4,11H,2,5-10,12,17H2,1H3. The van der Waals surface area contributed by atoms with Crippen molar-refractivity contribution < 1.29 is 4.74 Å². The summed E-state index contributed by atoms with van der Waals surface area (Å²) in [5.74, 6) is 1.12. The molecule has 0 radical (unpaired) electrons. The molecule has 5 nitrogen and oxygen atoms in total. The number of hydrogen-bond donors (Lipinski definition) is 1. The Kier molecular flexibility index (Phi) is 4.53. The predicted octanol–water partition coefficient (Wildman–Crippen LogP) is 1.39. The van der Waals surface area contributed by atoms with E-state index >= 15 is 0 Å². The van der Waals surface area contributed by atoms with Crippen LogP contribution in [0.5, 0.6) is 0 Å². The van der Waals surface area contributed by atoms with Gasteiger partial charge in [0.05, 0.1) is 30.8 Å². The third kappa shape index (κ3) is 3.10. The van der Waals surface area contributed by atoms with Crippen molar-refractivity contribution in [3.63, 3.8) is 0 Å². The predicted molar refractivity (Wildman–Crippen MR) is 84.3 cm³/mol. The number of hydrogen-bond acceptors (Lipinski definition) is 4. The summed E-state index contributed by atoms with van der Waals surface area (Å²) in [5.41, 5.74) is 9.40. The number of morpholine rings is 1. The molecule has 1 aromatic carbocycles. The quantitative estimate of drug-likeness (QED) is 0.903. The smallest absolute Gasteiger partial charge is 0.124 e. The van der Waals surface area contributed by atoms with E-state index in [1.807, 2.05) is 0 Å². The van der Waals surface area contributed by atoms with Gasteiger partial charge in [-0.05, 0) is 24.1 Å². The lowest BCUT2D eigenvalue weighted by atomic mass is 10.1. The summed E-state index contributed by atoms with van der Waals surface area (Å²) in [6.45, 7) is 8.09. The molecule has 1 saturated heterocycles. The van der Waals surface area contributed by atoms with Crippen LogP contribution in [0, 0.1) is 0 Å². The highest BCUT2D eigenvalue weighted by molar-refractivity contribution is 5.77. The Hall–Kier alpha value is -1.43. The van der Waals surface area contributed by atoms with Crippen LogP contribution in [0.15, 0.2) is 18.2 Å². The first-order valence-corrected chi connectivity index (χ1v) is 7.80. The fourth-order valence-electron chi connectivity index (χ4n) is 2.90. The monoisotopic (exact) mass is 288 g/mol. The first kappa shape index (κ1) is 14.5. The van der Waals surface area contributed by atoms with Crippen LogP contribution in [0.1, 0.15) is 18.3 Å². The average Bonchev–Trinajstić information content (AvgIpc) is 2.85. The largest absolute Gasteiger partial charge is 0.379 e. The fourth-order valence-corrected chi connectivity index (χ4v) is 2.90. The molecule has 1 aliphatic heterocycles. The van der Waals surface area contributed by atoms with E-state index in [1.165, 1.54) is 11.1 Å². The maximum atomic E-state index is 5.79. The Balaban J connectivity index is 1.93. The third-order valence-electron chi connectivity index (χ3n) is 4.12. The van der Waals surface area contributed by atoms with Crippen LogP contribution in [0.3, 0.4) is 0 Å². The number of nitrogens with zero attached hydrogens (tertiary/aromatic N) is 3. The van der Waals surface area contributed by atoms with Gasteiger partial charge in [0.2, 0.25) is 0 Å². The molecule has 0 aliphatic carbocycles. The van der Waals surface area contributed by atoms with E-state index in [9.17, 15) is 0 Å². The zero-order valence-electron chi connectivity index (χ0n) is 12.7. The maximum absolute atomic E-state index is 5.79. The van der Waals surface area contributed by atoms with Crippen molar-refractivity contribution in [3.8, 4) is 0 Å². The van der Waals surface area contributed by atoms with Gasteiger partial charge >= 0.3 is 0 Å². The van der Waals surface area contributed by atoms with Crippen molar-refractivity contribution in [3.05, 3.63) is 29.6 Å². The molecule has 2 N–H and O–H groups in total. The van der Waals surface area contributed by atoms with E-state index in [2.05, 4.69) is 34.6 Å². The van der Waals surface area contributed by atoms with E-state index in [1.54, 1.807) is 0 Å². The number of aryl methyl sites for hydroxylation is 1. The minimum absolute atomic E-state index is 0.636. The van der Waals surface area contributed by atoms with Crippen molar-refractivity contribution in [2.24, 2.45) is 5.73 Å². The Morgan fingerprint density at radius 2 is 2.10 bits per heavy atom. The van der Waals surface area contributed by atoms with Crippen molar-refractivity contribution in [2.75, 3.05) is 32.8 Å². The molecular formula is C16H24N4O. The third-order valence-corrected chi connectivity index (χ3v) is 4.12. The van der Waals surface area contributed by atoms with Gasteiger partial charge in [-0.25, -0.2) is 4.98 Å². The second-order valence-electron chi connectivity index (χ2n) is 5.53. The molecule has 1 fully saturated rings. The van der Waals surface area contributed by atoms with Gasteiger partial charge < -0.3 is 15.0 Å². The van der Waals surface area contributed by atoms with Crippen LogP contribution in [-0.4, -0.2) is 47.3 Å². The van der Waals surface area contributed by atoms with E-state index in [4.69, 9.17) is 15.5 Å². The highest BCUT2D eigenvalue weighted by atomic mass is 16.5. The van der Waals surface area contributed by atoms with Gasteiger partial charge in [-0.3, -0.25) is 4.90 Å². The molecule has 1 aromatic heterocycles. The minimum Gasteiger partial charge on any atom is -0.379 e. The van der Waals surface area contributed by atoms with Crippen LogP contribution in [-0.2, 0) is 24.2 Å². The first-order valence-electron chi connectivity index (χ1n) is 7.80. The molecule has 114 valence electrons. The maximum Gasteiger partial charge on any atom is 0.124 e. The van der Waals surface area contributed by atoms with Crippen LogP contribution >= 0.6 is 0 Å². The first-order chi connectivity index (χ1) is 10.3. The summed E-state index contributed by atoms with van der Waals surface area (Å²) in [4.78, 5) is 7.26. The SMILES string of the molecule is CCc1ccc2c(c1)nc(CN1CCOCC1)n2CCN. The lowest BCUT2D eigenvalue weighted by Gasteiger charge is -2.26. The second kappa shape index (κ2) is 6.56. The number of nitrogens with two attached hydrogens (primary N) is 1. The molecule has 0 spiro atoms.